The minimum absolute atomic E-state index is 0.0952. The third-order valence-electron chi connectivity index (χ3n) is 2.03. The molecule has 2 nitrogen and oxygen atoms in total. The van der Waals surface area contributed by atoms with Crippen LogP contribution in [0.3, 0.4) is 0 Å². The van der Waals surface area contributed by atoms with E-state index >= 15 is 0 Å². The normalized spacial score (nSPS) is 16.8. The average Bonchev–Trinajstić information content (AvgIpc) is 2.87. The Kier molecular flexibility index (Phi) is 1.62. The third kappa shape index (κ3) is 1.40. The van der Waals surface area contributed by atoms with Gasteiger partial charge in [-0.05, 0) is 24.5 Å². The Bertz CT molecular complexity index is 238. The first kappa shape index (κ1) is 6.80. The predicted molar refractivity (Wildman–Crippen MR) is 42.1 cm³/mol. The van der Waals surface area contributed by atoms with E-state index in [1.807, 2.05) is 12.1 Å². The summed E-state index contributed by atoms with van der Waals surface area (Å²) in [5.74, 6) is 0.711. The van der Waals surface area contributed by atoms with Gasteiger partial charge in [0.2, 0.25) is 0 Å². The maximum absolute atomic E-state index is 8.74. The van der Waals surface area contributed by atoms with Gasteiger partial charge in [-0.1, -0.05) is 6.07 Å². The van der Waals surface area contributed by atoms with Crippen LogP contribution in [0.4, 0.5) is 0 Å². The van der Waals surface area contributed by atoms with Gasteiger partial charge in [-0.25, -0.2) is 0 Å². The van der Waals surface area contributed by atoms with Crippen LogP contribution in [-0.4, -0.2) is 10.1 Å². The summed E-state index contributed by atoms with van der Waals surface area (Å²) in [5.41, 5.74) is 2.08. The summed E-state index contributed by atoms with van der Waals surface area (Å²) in [4.78, 5) is 4.25. The summed E-state index contributed by atoms with van der Waals surface area (Å²) in [6, 6.07) is 3.96. The highest BCUT2D eigenvalue weighted by Gasteiger charge is 2.24. The molecule has 2 rings (SSSR count). The predicted octanol–water partition coefficient (Wildman–Crippen LogP) is 1.45. The van der Waals surface area contributed by atoms with Gasteiger partial charge in [0.05, 0.1) is 6.61 Å². The Morgan fingerprint density at radius 2 is 2.27 bits per heavy atom. The van der Waals surface area contributed by atoms with Gasteiger partial charge in [0, 0.05) is 17.8 Å². The third-order valence-corrected chi connectivity index (χ3v) is 2.03. The van der Waals surface area contributed by atoms with E-state index in [0.29, 0.717) is 5.92 Å². The fraction of sp³-hybridized carbons (Fsp3) is 0.444. The van der Waals surface area contributed by atoms with Crippen molar-refractivity contribution in [2.45, 2.75) is 25.4 Å². The lowest BCUT2D eigenvalue weighted by Crippen LogP contribution is -1.88. The van der Waals surface area contributed by atoms with Crippen LogP contribution in [0.25, 0.3) is 0 Å². The van der Waals surface area contributed by atoms with Gasteiger partial charge in [-0.15, -0.1) is 0 Å². The Morgan fingerprint density at radius 1 is 1.45 bits per heavy atom. The van der Waals surface area contributed by atoms with Crippen LogP contribution in [0.5, 0.6) is 0 Å². The molecular weight excluding hydrogens is 138 g/mol. The monoisotopic (exact) mass is 149 g/mol. The minimum atomic E-state index is 0.0952. The van der Waals surface area contributed by atoms with E-state index in [-0.39, 0.29) is 6.61 Å². The van der Waals surface area contributed by atoms with Crippen molar-refractivity contribution in [1.82, 2.24) is 4.98 Å². The zero-order valence-electron chi connectivity index (χ0n) is 6.33. The van der Waals surface area contributed by atoms with Crippen LogP contribution >= 0.6 is 0 Å². The van der Waals surface area contributed by atoms with Crippen LogP contribution in [0, 0.1) is 0 Å². The molecule has 1 saturated carbocycles. The number of pyridine rings is 1. The molecule has 0 bridgehead atoms. The number of aliphatic hydroxyl groups excluding tert-OH is 1. The van der Waals surface area contributed by atoms with Crippen LogP contribution in [0.2, 0.25) is 0 Å². The van der Waals surface area contributed by atoms with Crippen molar-refractivity contribution in [1.29, 1.82) is 0 Å². The van der Waals surface area contributed by atoms with Crippen molar-refractivity contribution in [3.8, 4) is 0 Å². The van der Waals surface area contributed by atoms with Crippen LogP contribution in [0.15, 0.2) is 18.3 Å². The summed E-state index contributed by atoms with van der Waals surface area (Å²) in [5, 5.41) is 8.74. The Labute approximate surface area is 65.9 Å². The van der Waals surface area contributed by atoms with Crippen molar-refractivity contribution in [3.63, 3.8) is 0 Å². The highest BCUT2D eigenvalue weighted by molar-refractivity contribution is 5.19. The molecule has 0 saturated heterocycles. The van der Waals surface area contributed by atoms with Gasteiger partial charge < -0.3 is 5.11 Å². The van der Waals surface area contributed by atoms with Gasteiger partial charge in [0.25, 0.3) is 0 Å². The first-order valence-corrected chi connectivity index (χ1v) is 3.96. The molecule has 0 atom stereocenters. The summed E-state index contributed by atoms with van der Waals surface area (Å²) in [6.45, 7) is 0.0952. The highest BCUT2D eigenvalue weighted by Crippen LogP contribution is 2.38. The quantitative estimate of drug-likeness (QED) is 0.690. The summed E-state index contributed by atoms with van der Waals surface area (Å²) >= 11 is 0. The molecule has 0 aromatic carbocycles. The molecule has 1 N–H and O–H groups in total. The molecular formula is C9H11NO. The summed E-state index contributed by atoms with van der Waals surface area (Å²) < 4.78 is 0. The van der Waals surface area contributed by atoms with Crippen LogP contribution in [-0.2, 0) is 6.61 Å². The van der Waals surface area contributed by atoms with Gasteiger partial charge in [-0.2, -0.15) is 0 Å². The molecule has 0 aliphatic heterocycles. The zero-order chi connectivity index (χ0) is 7.68. The van der Waals surface area contributed by atoms with Gasteiger partial charge in [0.1, 0.15) is 0 Å². The topological polar surface area (TPSA) is 33.1 Å². The minimum Gasteiger partial charge on any atom is -0.392 e. The lowest BCUT2D eigenvalue weighted by molar-refractivity contribution is 0.281. The number of rotatable bonds is 2. The molecule has 0 unspecified atom stereocenters. The maximum atomic E-state index is 8.74. The number of hydrogen-bond acceptors (Lipinski definition) is 2. The molecule has 0 radical (unpaired) electrons. The fourth-order valence-corrected chi connectivity index (χ4v) is 1.15. The number of hydrogen-bond donors (Lipinski definition) is 1. The maximum Gasteiger partial charge on any atom is 0.0696 e. The molecule has 1 aromatic heterocycles. The lowest BCUT2D eigenvalue weighted by atomic mass is 10.2. The molecule has 1 aliphatic carbocycles. The second-order valence-electron chi connectivity index (χ2n) is 3.02. The molecule has 11 heavy (non-hydrogen) atoms. The van der Waals surface area contributed by atoms with E-state index in [1.165, 1.54) is 18.5 Å². The molecule has 1 fully saturated rings. The number of aromatic nitrogens is 1. The molecule has 58 valence electrons. The van der Waals surface area contributed by atoms with Gasteiger partial charge >= 0.3 is 0 Å². The average molecular weight is 149 g/mol. The Balaban J connectivity index is 2.19. The van der Waals surface area contributed by atoms with Crippen molar-refractivity contribution in [3.05, 3.63) is 29.6 Å². The van der Waals surface area contributed by atoms with Crippen molar-refractivity contribution in [2.75, 3.05) is 0 Å². The van der Waals surface area contributed by atoms with E-state index in [1.54, 1.807) is 6.20 Å². The lowest BCUT2D eigenvalue weighted by Gasteiger charge is -1.97. The van der Waals surface area contributed by atoms with Gasteiger partial charge in [-0.3, -0.25) is 4.98 Å². The van der Waals surface area contributed by atoms with Crippen molar-refractivity contribution < 1.29 is 5.11 Å². The van der Waals surface area contributed by atoms with E-state index in [4.69, 9.17) is 5.11 Å². The second kappa shape index (κ2) is 2.62. The number of aliphatic hydroxyl groups is 1. The van der Waals surface area contributed by atoms with E-state index in [2.05, 4.69) is 4.98 Å². The smallest absolute Gasteiger partial charge is 0.0696 e. The standard InChI is InChI=1S/C9H11NO/c11-6-7-1-4-9(10-5-7)8-2-3-8/h1,4-5,8,11H,2-3,6H2. The second-order valence-corrected chi connectivity index (χ2v) is 3.02. The fourth-order valence-electron chi connectivity index (χ4n) is 1.15. The van der Waals surface area contributed by atoms with E-state index < -0.39 is 0 Å². The summed E-state index contributed by atoms with van der Waals surface area (Å²) in [7, 11) is 0. The summed E-state index contributed by atoms with van der Waals surface area (Å²) in [6.07, 6.45) is 4.32. The highest BCUT2D eigenvalue weighted by atomic mass is 16.3. The van der Waals surface area contributed by atoms with Crippen molar-refractivity contribution in [2.24, 2.45) is 0 Å². The Morgan fingerprint density at radius 3 is 2.73 bits per heavy atom. The van der Waals surface area contributed by atoms with Crippen molar-refractivity contribution >= 4 is 0 Å². The molecule has 0 amide bonds. The van der Waals surface area contributed by atoms with E-state index in [9.17, 15) is 0 Å². The Hall–Kier alpha value is -0.890. The molecule has 0 spiro atoms. The van der Waals surface area contributed by atoms with Crippen LogP contribution < -0.4 is 0 Å². The zero-order valence-corrected chi connectivity index (χ0v) is 6.33. The molecule has 1 aromatic rings. The van der Waals surface area contributed by atoms with Crippen LogP contribution in [0.1, 0.15) is 30.0 Å². The van der Waals surface area contributed by atoms with Gasteiger partial charge in [0.15, 0.2) is 0 Å². The largest absolute Gasteiger partial charge is 0.392 e. The SMILES string of the molecule is OCc1ccc(C2CC2)nc1. The first-order valence-electron chi connectivity index (χ1n) is 3.96. The molecule has 1 aliphatic rings. The number of nitrogens with zero attached hydrogens (tertiary/aromatic N) is 1. The first-order chi connectivity index (χ1) is 5.40. The molecule has 2 heteroatoms. The van der Waals surface area contributed by atoms with E-state index in [0.717, 1.165) is 5.56 Å². The molecule has 1 heterocycles.